The number of aromatic nitrogens is 2. The summed E-state index contributed by atoms with van der Waals surface area (Å²) < 4.78 is 13.9. The summed E-state index contributed by atoms with van der Waals surface area (Å²) in [5, 5.41) is 9.69. The summed E-state index contributed by atoms with van der Waals surface area (Å²) in [6.07, 6.45) is 3.46. The fourth-order valence-corrected chi connectivity index (χ4v) is 2.11. The molecule has 0 aliphatic rings. The second-order valence-corrected chi connectivity index (χ2v) is 4.99. The Morgan fingerprint density at radius 3 is 2.80 bits per heavy atom. The predicted octanol–water partition coefficient (Wildman–Crippen LogP) is 2.72. The predicted molar refractivity (Wildman–Crippen MR) is 80.4 cm³/mol. The molecule has 0 atom stereocenters. The first-order chi connectivity index (χ1) is 9.50. The van der Waals surface area contributed by atoms with Gasteiger partial charge in [0.05, 0.1) is 23.3 Å². The summed E-state index contributed by atoms with van der Waals surface area (Å²) >= 11 is 5.76. The third-order valence-electron chi connectivity index (χ3n) is 3.12. The zero-order chi connectivity index (χ0) is 14.7. The minimum atomic E-state index is -0.608. The van der Waals surface area contributed by atoms with Crippen molar-refractivity contribution >= 4 is 28.7 Å². The molecule has 0 radical (unpaired) electrons. The van der Waals surface area contributed by atoms with Crippen LogP contribution >= 0.6 is 11.6 Å². The first-order valence-electron chi connectivity index (χ1n) is 6.26. The van der Waals surface area contributed by atoms with Crippen molar-refractivity contribution in [1.82, 2.24) is 10.2 Å². The number of anilines is 3. The molecular formula is C13H17ClFN5. The van der Waals surface area contributed by atoms with E-state index < -0.39 is 5.82 Å². The van der Waals surface area contributed by atoms with Gasteiger partial charge in [-0.1, -0.05) is 11.6 Å². The summed E-state index contributed by atoms with van der Waals surface area (Å²) in [5.41, 5.74) is 14.1. The first-order valence-corrected chi connectivity index (χ1v) is 6.64. The normalized spacial score (nSPS) is 10.8. The van der Waals surface area contributed by atoms with Gasteiger partial charge in [-0.3, -0.25) is 5.10 Å². The Morgan fingerprint density at radius 1 is 1.40 bits per heavy atom. The minimum Gasteiger partial charge on any atom is -0.397 e. The molecular weight excluding hydrogens is 281 g/mol. The molecule has 1 aromatic carbocycles. The van der Waals surface area contributed by atoms with Crippen LogP contribution in [0, 0.1) is 12.7 Å². The fraction of sp³-hybridized carbons (Fsp3) is 0.308. The van der Waals surface area contributed by atoms with Crippen LogP contribution in [0.25, 0.3) is 0 Å². The molecule has 0 saturated heterocycles. The van der Waals surface area contributed by atoms with Crippen LogP contribution in [0.4, 0.5) is 21.5 Å². The van der Waals surface area contributed by atoms with Crippen LogP contribution in [0.15, 0.2) is 12.3 Å². The van der Waals surface area contributed by atoms with Crippen molar-refractivity contribution in [3.63, 3.8) is 0 Å². The molecule has 20 heavy (non-hydrogen) atoms. The molecule has 108 valence electrons. The first kappa shape index (κ1) is 14.5. The van der Waals surface area contributed by atoms with E-state index >= 15 is 0 Å². The van der Waals surface area contributed by atoms with Crippen LogP contribution in [-0.2, 0) is 6.42 Å². The second kappa shape index (κ2) is 6.00. The van der Waals surface area contributed by atoms with Gasteiger partial charge in [-0.25, -0.2) is 4.39 Å². The van der Waals surface area contributed by atoms with E-state index in [9.17, 15) is 4.39 Å². The summed E-state index contributed by atoms with van der Waals surface area (Å²) in [7, 11) is 0. The van der Waals surface area contributed by atoms with E-state index in [2.05, 4.69) is 15.5 Å². The molecule has 2 aromatic rings. The number of H-pyrrole nitrogens is 1. The van der Waals surface area contributed by atoms with Gasteiger partial charge < -0.3 is 16.8 Å². The van der Waals surface area contributed by atoms with Crippen LogP contribution in [0.1, 0.15) is 17.7 Å². The number of rotatable bonds is 5. The van der Waals surface area contributed by atoms with Crippen LogP contribution < -0.4 is 16.8 Å². The lowest BCUT2D eigenvalue weighted by Crippen LogP contribution is -2.08. The maximum absolute atomic E-state index is 13.9. The number of halogens is 2. The highest BCUT2D eigenvalue weighted by atomic mass is 35.5. The van der Waals surface area contributed by atoms with E-state index in [4.69, 9.17) is 23.1 Å². The smallest absolute Gasteiger partial charge is 0.169 e. The van der Waals surface area contributed by atoms with Crippen molar-refractivity contribution in [3.05, 3.63) is 34.4 Å². The molecule has 1 heterocycles. The number of nitrogens with one attached hydrogen (secondary N) is 2. The van der Waals surface area contributed by atoms with Gasteiger partial charge in [0, 0.05) is 12.2 Å². The highest BCUT2D eigenvalue weighted by Crippen LogP contribution is 2.33. The van der Waals surface area contributed by atoms with Gasteiger partial charge in [0.25, 0.3) is 0 Å². The Labute approximate surface area is 121 Å². The lowest BCUT2D eigenvalue weighted by molar-refractivity contribution is 0.631. The number of aryl methyl sites for hydroxylation is 2. The quantitative estimate of drug-likeness (QED) is 0.504. The van der Waals surface area contributed by atoms with E-state index in [0.717, 1.165) is 24.1 Å². The van der Waals surface area contributed by atoms with Gasteiger partial charge in [0.2, 0.25) is 0 Å². The molecule has 0 bridgehead atoms. The van der Waals surface area contributed by atoms with Gasteiger partial charge >= 0.3 is 0 Å². The number of hydrogen-bond acceptors (Lipinski definition) is 4. The highest BCUT2D eigenvalue weighted by Gasteiger charge is 2.13. The van der Waals surface area contributed by atoms with Gasteiger partial charge in [-0.2, -0.15) is 5.10 Å². The second-order valence-electron chi connectivity index (χ2n) is 4.61. The summed E-state index contributed by atoms with van der Waals surface area (Å²) in [6.45, 7) is 2.54. The molecule has 0 aliphatic heterocycles. The molecule has 7 heteroatoms. The van der Waals surface area contributed by atoms with Crippen molar-refractivity contribution < 1.29 is 4.39 Å². The van der Waals surface area contributed by atoms with E-state index in [-0.39, 0.29) is 22.1 Å². The average molecular weight is 298 g/mol. The van der Waals surface area contributed by atoms with Crippen LogP contribution in [-0.4, -0.2) is 16.7 Å². The molecule has 0 unspecified atom stereocenters. The molecule has 0 saturated carbocycles. The summed E-state index contributed by atoms with van der Waals surface area (Å²) in [5.74, 6) is -0.608. The maximum atomic E-state index is 13.9. The lowest BCUT2D eigenvalue weighted by Gasteiger charge is -2.12. The molecule has 1 aromatic heterocycles. The highest BCUT2D eigenvalue weighted by molar-refractivity contribution is 6.33. The Kier molecular flexibility index (Phi) is 4.34. The molecule has 6 N–H and O–H groups in total. The SMILES string of the molecule is Cc1[nH]ncc1CCCNc1c(N)cc(N)c(Cl)c1F. The third kappa shape index (κ3) is 2.96. The fourth-order valence-electron chi connectivity index (χ4n) is 1.97. The topological polar surface area (TPSA) is 92.8 Å². The Morgan fingerprint density at radius 2 is 2.15 bits per heavy atom. The van der Waals surface area contributed by atoms with Crippen molar-refractivity contribution in [2.24, 2.45) is 0 Å². The van der Waals surface area contributed by atoms with Gasteiger partial charge in [0.15, 0.2) is 5.82 Å². The summed E-state index contributed by atoms with van der Waals surface area (Å²) in [4.78, 5) is 0. The van der Waals surface area contributed by atoms with E-state index in [1.54, 1.807) is 6.20 Å². The van der Waals surface area contributed by atoms with Gasteiger partial charge in [-0.15, -0.1) is 0 Å². The molecule has 0 fully saturated rings. The monoisotopic (exact) mass is 297 g/mol. The van der Waals surface area contributed by atoms with Gasteiger partial charge in [-0.05, 0) is 31.4 Å². The zero-order valence-corrected chi connectivity index (χ0v) is 11.9. The Balaban J connectivity index is 1.95. The van der Waals surface area contributed by atoms with Crippen molar-refractivity contribution in [1.29, 1.82) is 0 Å². The Hall–Kier alpha value is -1.95. The number of nitrogens with two attached hydrogens (primary N) is 2. The maximum Gasteiger partial charge on any atom is 0.169 e. The van der Waals surface area contributed by atoms with Crippen molar-refractivity contribution in [2.45, 2.75) is 19.8 Å². The van der Waals surface area contributed by atoms with Crippen molar-refractivity contribution in [2.75, 3.05) is 23.3 Å². The largest absolute Gasteiger partial charge is 0.397 e. The molecule has 0 aliphatic carbocycles. The number of nitrogen functional groups attached to an aromatic ring is 2. The standard InChI is InChI=1S/C13H17ClFN5/c1-7-8(6-19-20-7)3-2-4-18-13-10(17)5-9(16)11(14)12(13)15/h5-6,18H,2-4,16-17H2,1H3,(H,19,20). The number of benzene rings is 1. The zero-order valence-electron chi connectivity index (χ0n) is 11.1. The lowest BCUT2D eigenvalue weighted by atomic mass is 10.1. The van der Waals surface area contributed by atoms with Crippen LogP contribution in [0.3, 0.4) is 0 Å². The van der Waals surface area contributed by atoms with Gasteiger partial charge in [0.1, 0.15) is 5.02 Å². The number of aromatic amines is 1. The molecule has 5 nitrogen and oxygen atoms in total. The average Bonchev–Trinajstić information content (AvgIpc) is 2.81. The van der Waals surface area contributed by atoms with E-state index in [1.807, 2.05) is 6.92 Å². The number of hydrogen-bond donors (Lipinski definition) is 4. The Bertz CT molecular complexity index is 611. The van der Waals surface area contributed by atoms with Crippen LogP contribution in [0.5, 0.6) is 0 Å². The van der Waals surface area contributed by atoms with Crippen LogP contribution in [0.2, 0.25) is 5.02 Å². The number of nitrogens with zero attached hydrogens (tertiary/aromatic N) is 1. The van der Waals surface area contributed by atoms with E-state index in [1.165, 1.54) is 6.07 Å². The molecule has 2 rings (SSSR count). The third-order valence-corrected chi connectivity index (χ3v) is 3.51. The van der Waals surface area contributed by atoms with E-state index in [0.29, 0.717) is 6.54 Å². The molecule has 0 amide bonds. The summed E-state index contributed by atoms with van der Waals surface area (Å²) in [6, 6.07) is 1.45. The minimum absolute atomic E-state index is 0.104. The van der Waals surface area contributed by atoms with Crippen molar-refractivity contribution in [3.8, 4) is 0 Å². The molecule has 0 spiro atoms.